The molecule has 0 unspecified atom stereocenters. The Morgan fingerprint density at radius 3 is 2.63 bits per heavy atom. The van der Waals surface area contributed by atoms with Crippen molar-refractivity contribution in [2.24, 2.45) is 0 Å². The Morgan fingerprint density at radius 2 is 1.89 bits per heavy atom. The van der Waals surface area contributed by atoms with Gasteiger partial charge in [0.15, 0.2) is 5.65 Å². The monoisotopic (exact) mass is 356 g/mol. The lowest BCUT2D eigenvalue weighted by atomic mass is 10.1. The van der Waals surface area contributed by atoms with Crippen molar-refractivity contribution in [3.05, 3.63) is 77.4 Å². The molecular formula is C22H20N4O. The molecule has 0 fully saturated rings. The maximum atomic E-state index is 9.91. The molecule has 2 heterocycles. The molecule has 5 nitrogen and oxygen atoms in total. The van der Waals surface area contributed by atoms with Crippen LogP contribution in [-0.2, 0) is 6.42 Å². The van der Waals surface area contributed by atoms with Crippen molar-refractivity contribution < 1.29 is 5.11 Å². The topological polar surface area (TPSA) is 73.3 Å². The van der Waals surface area contributed by atoms with Gasteiger partial charge in [-0.1, -0.05) is 42.5 Å². The Hall–Kier alpha value is -3.36. The maximum absolute atomic E-state index is 9.91. The van der Waals surface area contributed by atoms with E-state index in [-0.39, 0.29) is 12.6 Å². The number of hydrogen-bond acceptors (Lipinski definition) is 4. The highest BCUT2D eigenvalue weighted by molar-refractivity contribution is 5.85. The van der Waals surface area contributed by atoms with E-state index in [1.807, 2.05) is 59.9 Å². The number of rotatable bonds is 5. The van der Waals surface area contributed by atoms with E-state index >= 15 is 0 Å². The van der Waals surface area contributed by atoms with Crippen LogP contribution in [0.5, 0.6) is 0 Å². The molecule has 1 atom stereocenters. The molecule has 0 amide bonds. The van der Waals surface area contributed by atoms with Gasteiger partial charge in [-0.15, -0.1) is 0 Å². The number of aromatic nitrogens is 2. The largest absolute Gasteiger partial charge is 0.394 e. The highest BCUT2D eigenvalue weighted by atomic mass is 16.3. The summed E-state index contributed by atoms with van der Waals surface area (Å²) < 4.78 is 1.97. The van der Waals surface area contributed by atoms with Crippen LogP contribution in [0, 0.1) is 18.3 Å². The highest BCUT2D eigenvalue weighted by Gasteiger charge is 2.17. The van der Waals surface area contributed by atoms with E-state index in [0.717, 1.165) is 28.0 Å². The predicted molar refractivity (Wildman–Crippen MR) is 107 cm³/mol. The number of benzene rings is 2. The standard InChI is InChI=1S/C22H20N4O/c1-15-11-21(24-17(14-27)12-16-7-3-2-4-8-16)26-20-10-6-5-9-19(20)25-22(26)18(15)13-23/h2-11,17,24,27H,12,14H2,1H3/t17-/m1/s1. The molecule has 134 valence electrons. The molecule has 0 aliphatic heterocycles. The van der Waals surface area contributed by atoms with E-state index in [4.69, 9.17) is 0 Å². The van der Waals surface area contributed by atoms with E-state index < -0.39 is 0 Å². The van der Waals surface area contributed by atoms with Crippen LogP contribution in [0.15, 0.2) is 60.7 Å². The molecule has 2 N–H and O–H groups in total. The normalized spacial score (nSPS) is 12.2. The van der Waals surface area contributed by atoms with E-state index in [2.05, 4.69) is 28.5 Å². The Labute approximate surface area is 157 Å². The molecule has 0 saturated carbocycles. The first-order valence-electron chi connectivity index (χ1n) is 8.93. The third kappa shape index (κ3) is 3.12. The zero-order valence-electron chi connectivity index (χ0n) is 15.1. The summed E-state index contributed by atoms with van der Waals surface area (Å²) in [4.78, 5) is 4.66. The summed E-state index contributed by atoms with van der Waals surface area (Å²) in [5.41, 5.74) is 4.99. The van der Waals surface area contributed by atoms with Crippen molar-refractivity contribution in [3.63, 3.8) is 0 Å². The highest BCUT2D eigenvalue weighted by Crippen LogP contribution is 2.27. The first-order chi connectivity index (χ1) is 13.2. The van der Waals surface area contributed by atoms with Crippen LogP contribution in [0.3, 0.4) is 0 Å². The minimum Gasteiger partial charge on any atom is -0.394 e. The molecule has 2 aromatic carbocycles. The molecule has 5 heteroatoms. The van der Waals surface area contributed by atoms with E-state index in [9.17, 15) is 10.4 Å². The fourth-order valence-corrected chi connectivity index (χ4v) is 3.47. The number of aliphatic hydroxyl groups excluding tert-OH is 1. The number of anilines is 1. The Morgan fingerprint density at radius 1 is 1.15 bits per heavy atom. The lowest BCUT2D eigenvalue weighted by Gasteiger charge is -2.20. The van der Waals surface area contributed by atoms with Crippen LogP contribution in [0.25, 0.3) is 16.7 Å². The summed E-state index contributed by atoms with van der Waals surface area (Å²) in [5.74, 6) is 0.824. The second-order valence-corrected chi connectivity index (χ2v) is 6.67. The zero-order valence-corrected chi connectivity index (χ0v) is 15.1. The number of para-hydroxylation sites is 2. The van der Waals surface area contributed by atoms with Gasteiger partial charge in [-0.2, -0.15) is 5.26 Å². The summed E-state index contributed by atoms with van der Waals surface area (Å²) in [6.07, 6.45) is 0.699. The van der Waals surface area contributed by atoms with Gasteiger partial charge >= 0.3 is 0 Å². The average molecular weight is 356 g/mol. The van der Waals surface area contributed by atoms with Gasteiger partial charge in [0, 0.05) is 0 Å². The van der Waals surface area contributed by atoms with Crippen molar-refractivity contribution in [1.82, 2.24) is 9.38 Å². The molecule has 4 rings (SSSR count). The molecule has 0 aliphatic rings. The van der Waals surface area contributed by atoms with Crippen LogP contribution in [0.4, 0.5) is 5.82 Å². The van der Waals surface area contributed by atoms with Crippen molar-refractivity contribution in [1.29, 1.82) is 5.26 Å². The Kier molecular flexibility index (Phi) is 4.49. The third-order valence-electron chi connectivity index (χ3n) is 4.78. The first kappa shape index (κ1) is 17.1. The van der Waals surface area contributed by atoms with Gasteiger partial charge in [-0.25, -0.2) is 4.98 Å². The second kappa shape index (κ2) is 7.10. The van der Waals surface area contributed by atoms with Crippen molar-refractivity contribution in [3.8, 4) is 6.07 Å². The van der Waals surface area contributed by atoms with Gasteiger partial charge in [0.25, 0.3) is 0 Å². The molecule has 0 bridgehead atoms. The Bertz CT molecular complexity index is 1140. The number of fused-ring (bicyclic) bond motifs is 3. The lowest BCUT2D eigenvalue weighted by molar-refractivity contribution is 0.273. The molecule has 0 aliphatic carbocycles. The van der Waals surface area contributed by atoms with Gasteiger partial charge in [-0.3, -0.25) is 4.40 Å². The number of aryl methyl sites for hydroxylation is 1. The molecule has 0 radical (unpaired) electrons. The van der Waals surface area contributed by atoms with Gasteiger partial charge in [0.05, 0.1) is 29.2 Å². The van der Waals surface area contributed by atoms with Crippen molar-refractivity contribution in [2.45, 2.75) is 19.4 Å². The van der Waals surface area contributed by atoms with Gasteiger partial charge in [0.2, 0.25) is 0 Å². The average Bonchev–Trinajstić information content (AvgIpc) is 3.08. The molecular weight excluding hydrogens is 336 g/mol. The number of nitrogens with zero attached hydrogens (tertiary/aromatic N) is 3. The third-order valence-corrected chi connectivity index (χ3v) is 4.78. The summed E-state index contributed by atoms with van der Waals surface area (Å²) in [5, 5.41) is 23.0. The summed E-state index contributed by atoms with van der Waals surface area (Å²) in [6, 6.07) is 22.0. The molecule has 27 heavy (non-hydrogen) atoms. The SMILES string of the molecule is Cc1cc(N[C@@H](CO)Cc2ccccc2)n2c(nc3ccccc32)c1C#N. The van der Waals surface area contributed by atoms with Crippen LogP contribution in [-0.4, -0.2) is 27.1 Å². The summed E-state index contributed by atoms with van der Waals surface area (Å²) >= 11 is 0. The van der Waals surface area contributed by atoms with Crippen LogP contribution in [0.1, 0.15) is 16.7 Å². The number of pyridine rings is 1. The van der Waals surface area contributed by atoms with Gasteiger partial charge in [0.1, 0.15) is 11.9 Å². The molecule has 0 saturated heterocycles. The van der Waals surface area contributed by atoms with Crippen molar-refractivity contribution in [2.75, 3.05) is 11.9 Å². The minimum absolute atomic E-state index is 0.00205. The molecule has 4 aromatic rings. The van der Waals surface area contributed by atoms with Crippen LogP contribution in [0.2, 0.25) is 0 Å². The van der Waals surface area contributed by atoms with Crippen molar-refractivity contribution >= 4 is 22.5 Å². The Balaban J connectivity index is 1.82. The smallest absolute Gasteiger partial charge is 0.157 e. The molecule has 0 spiro atoms. The zero-order chi connectivity index (χ0) is 18.8. The fourth-order valence-electron chi connectivity index (χ4n) is 3.47. The second-order valence-electron chi connectivity index (χ2n) is 6.67. The predicted octanol–water partition coefficient (Wildman–Crippen LogP) is 3.68. The first-order valence-corrected chi connectivity index (χ1v) is 8.93. The number of nitriles is 1. The number of aliphatic hydroxyl groups is 1. The van der Waals surface area contributed by atoms with E-state index in [0.29, 0.717) is 17.6 Å². The van der Waals surface area contributed by atoms with E-state index in [1.165, 1.54) is 0 Å². The van der Waals surface area contributed by atoms with Gasteiger partial charge in [-0.05, 0) is 42.7 Å². The summed E-state index contributed by atoms with van der Waals surface area (Å²) in [6.45, 7) is 1.91. The summed E-state index contributed by atoms with van der Waals surface area (Å²) in [7, 11) is 0. The van der Waals surface area contributed by atoms with Crippen LogP contribution < -0.4 is 5.32 Å². The van der Waals surface area contributed by atoms with E-state index in [1.54, 1.807) is 0 Å². The number of imidazole rings is 1. The number of hydrogen-bond donors (Lipinski definition) is 2. The quantitative estimate of drug-likeness (QED) is 0.572. The van der Waals surface area contributed by atoms with Gasteiger partial charge < -0.3 is 10.4 Å². The maximum Gasteiger partial charge on any atom is 0.157 e. The fraction of sp³-hybridized carbons (Fsp3) is 0.182. The lowest BCUT2D eigenvalue weighted by Crippen LogP contribution is -2.27. The van der Waals surface area contributed by atoms with Crippen LogP contribution >= 0.6 is 0 Å². The minimum atomic E-state index is -0.149. The number of nitrogens with one attached hydrogen (secondary N) is 1. The molecule has 2 aromatic heterocycles.